The molecule has 0 saturated heterocycles. The van der Waals surface area contributed by atoms with Gasteiger partial charge in [-0.1, -0.05) is 38.8 Å². The van der Waals surface area contributed by atoms with E-state index in [1.54, 1.807) is 0 Å². The van der Waals surface area contributed by atoms with Crippen molar-refractivity contribution in [1.29, 1.82) is 0 Å². The summed E-state index contributed by atoms with van der Waals surface area (Å²) in [6.07, 6.45) is 3.71. The summed E-state index contributed by atoms with van der Waals surface area (Å²) in [6, 6.07) is 7.51. The Morgan fingerprint density at radius 2 is 1.96 bits per heavy atom. The van der Waals surface area contributed by atoms with Crippen LogP contribution in [0.2, 0.25) is 5.02 Å². The van der Waals surface area contributed by atoms with Crippen LogP contribution in [0, 0.1) is 5.92 Å². The van der Waals surface area contributed by atoms with Gasteiger partial charge in [-0.2, -0.15) is 10.2 Å². The molecule has 0 unspecified atom stereocenters. The smallest absolute Gasteiger partial charge is 0.176 e. The van der Waals surface area contributed by atoms with Crippen LogP contribution >= 0.6 is 11.6 Å². The molecule has 26 heavy (non-hydrogen) atoms. The zero-order valence-electron chi connectivity index (χ0n) is 15.5. The third-order valence-electron chi connectivity index (χ3n) is 3.88. The van der Waals surface area contributed by atoms with Gasteiger partial charge in [-0.3, -0.25) is 10.1 Å². The summed E-state index contributed by atoms with van der Waals surface area (Å²) >= 11 is 6.01. The second kappa shape index (κ2) is 7.83. The van der Waals surface area contributed by atoms with Crippen LogP contribution in [0.4, 0.5) is 5.82 Å². The van der Waals surface area contributed by atoms with Crippen molar-refractivity contribution < 1.29 is 0 Å². The first-order chi connectivity index (χ1) is 12.5. The van der Waals surface area contributed by atoms with Crippen LogP contribution in [0.25, 0.3) is 22.4 Å². The highest BCUT2D eigenvalue weighted by Crippen LogP contribution is 2.28. The van der Waals surface area contributed by atoms with Crippen LogP contribution in [-0.2, 0) is 13.5 Å². The quantitative estimate of drug-likeness (QED) is 0.504. The molecule has 0 saturated carbocycles. The number of hydrogen-bond acceptors (Lipinski definition) is 5. The molecule has 7 heteroatoms. The van der Waals surface area contributed by atoms with E-state index in [2.05, 4.69) is 36.4 Å². The molecule has 3 rings (SSSR count). The number of halogens is 1. The minimum atomic E-state index is 0.345. The molecular weight excluding hydrogens is 348 g/mol. The van der Waals surface area contributed by atoms with Crippen LogP contribution in [0.3, 0.4) is 0 Å². The Kier molecular flexibility index (Phi) is 5.52. The SMILES string of the molecule is CCCc1nn(C)c2c(N/N=C/C(C)C)nc(-c3ccc(Cl)cc3)nc12. The summed E-state index contributed by atoms with van der Waals surface area (Å²) < 4.78 is 1.82. The summed E-state index contributed by atoms with van der Waals surface area (Å²) in [5.74, 6) is 1.62. The number of aromatic nitrogens is 4. The minimum Gasteiger partial charge on any atom is -0.262 e. The fraction of sp³-hybridized carbons (Fsp3) is 0.368. The fourth-order valence-electron chi connectivity index (χ4n) is 2.70. The van der Waals surface area contributed by atoms with Gasteiger partial charge < -0.3 is 0 Å². The maximum absolute atomic E-state index is 6.01. The topological polar surface area (TPSA) is 68.0 Å². The van der Waals surface area contributed by atoms with Gasteiger partial charge in [0, 0.05) is 23.8 Å². The molecule has 0 bridgehead atoms. The zero-order valence-corrected chi connectivity index (χ0v) is 16.2. The molecule has 2 aromatic heterocycles. The maximum atomic E-state index is 6.01. The van der Waals surface area contributed by atoms with E-state index in [1.807, 2.05) is 42.2 Å². The standard InChI is InChI=1S/C19H23ClN6/c1-5-6-15-16-17(26(4)25-15)19(24-21-11-12(2)3)23-18(22-16)13-7-9-14(20)10-8-13/h7-12H,5-6H2,1-4H3,(H,22,23,24)/b21-11+. The van der Waals surface area contributed by atoms with E-state index in [1.165, 1.54) is 0 Å². The van der Waals surface area contributed by atoms with Crippen LogP contribution in [0.1, 0.15) is 32.9 Å². The van der Waals surface area contributed by atoms with E-state index < -0.39 is 0 Å². The van der Waals surface area contributed by atoms with Gasteiger partial charge in [0.1, 0.15) is 11.0 Å². The molecule has 3 aromatic rings. The van der Waals surface area contributed by atoms with Crippen molar-refractivity contribution in [2.24, 2.45) is 18.1 Å². The summed E-state index contributed by atoms with van der Waals surface area (Å²) in [4.78, 5) is 9.48. The molecule has 0 atom stereocenters. The van der Waals surface area contributed by atoms with Gasteiger partial charge in [0.05, 0.1) is 5.69 Å². The fourth-order valence-corrected chi connectivity index (χ4v) is 2.83. The number of hydrazone groups is 1. The van der Waals surface area contributed by atoms with Crippen molar-refractivity contribution in [3.05, 3.63) is 35.0 Å². The molecule has 0 amide bonds. The van der Waals surface area contributed by atoms with Gasteiger partial charge >= 0.3 is 0 Å². The van der Waals surface area contributed by atoms with Crippen LogP contribution in [0.5, 0.6) is 0 Å². The number of nitrogens with one attached hydrogen (secondary N) is 1. The lowest BCUT2D eigenvalue weighted by atomic mass is 10.2. The lowest BCUT2D eigenvalue weighted by Crippen LogP contribution is -2.02. The summed E-state index contributed by atoms with van der Waals surface area (Å²) in [5.41, 5.74) is 6.65. The Balaban J connectivity index is 2.16. The van der Waals surface area contributed by atoms with Gasteiger partial charge in [-0.15, -0.1) is 0 Å². The highest BCUT2D eigenvalue weighted by molar-refractivity contribution is 6.30. The van der Waals surface area contributed by atoms with Crippen LogP contribution in [0.15, 0.2) is 29.4 Å². The summed E-state index contributed by atoms with van der Waals surface area (Å²) in [5, 5.41) is 9.63. The Morgan fingerprint density at radius 3 is 2.62 bits per heavy atom. The number of hydrogen-bond donors (Lipinski definition) is 1. The van der Waals surface area contributed by atoms with Crippen molar-refractivity contribution in [3.63, 3.8) is 0 Å². The van der Waals surface area contributed by atoms with Gasteiger partial charge in [-0.25, -0.2) is 9.97 Å². The van der Waals surface area contributed by atoms with E-state index in [4.69, 9.17) is 21.6 Å². The van der Waals surface area contributed by atoms with Gasteiger partial charge in [0.2, 0.25) is 0 Å². The molecule has 1 aromatic carbocycles. The Bertz CT molecular complexity index is 927. The van der Waals surface area contributed by atoms with E-state index in [-0.39, 0.29) is 0 Å². The van der Waals surface area contributed by atoms with Crippen LogP contribution < -0.4 is 5.43 Å². The Morgan fingerprint density at radius 1 is 1.23 bits per heavy atom. The van der Waals surface area contributed by atoms with Crippen molar-refractivity contribution in [1.82, 2.24) is 19.7 Å². The molecule has 2 heterocycles. The van der Waals surface area contributed by atoms with E-state index >= 15 is 0 Å². The van der Waals surface area contributed by atoms with Gasteiger partial charge in [0.15, 0.2) is 11.6 Å². The first-order valence-electron chi connectivity index (χ1n) is 8.78. The predicted molar refractivity (Wildman–Crippen MR) is 108 cm³/mol. The molecule has 0 spiro atoms. The number of nitrogens with zero attached hydrogens (tertiary/aromatic N) is 5. The van der Waals surface area contributed by atoms with E-state index in [0.29, 0.717) is 22.6 Å². The Hall–Kier alpha value is -2.47. The third-order valence-corrected chi connectivity index (χ3v) is 4.14. The maximum Gasteiger partial charge on any atom is 0.176 e. The minimum absolute atomic E-state index is 0.345. The summed E-state index contributed by atoms with van der Waals surface area (Å²) in [7, 11) is 1.91. The Labute approximate surface area is 158 Å². The lowest BCUT2D eigenvalue weighted by molar-refractivity contribution is 0.753. The van der Waals surface area contributed by atoms with Gasteiger partial charge in [0.25, 0.3) is 0 Å². The molecule has 0 fully saturated rings. The second-order valence-electron chi connectivity index (χ2n) is 6.55. The monoisotopic (exact) mass is 370 g/mol. The van der Waals surface area contributed by atoms with Crippen molar-refractivity contribution in [2.45, 2.75) is 33.6 Å². The van der Waals surface area contributed by atoms with Crippen molar-refractivity contribution in [2.75, 3.05) is 5.43 Å². The normalized spacial score (nSPS) is 11.8. The van der Waals surface area contributed by atoms with Crippen molar-refractivity contribution in [3.8, 4) is 11.4 Å². The average molecular weight is 371 g/mol. The number of benzene rings is 1. The number of anilines is 1. The number of fused-ring (bicyclic) bond motifs is 1. The largest absolute Gasteiger partial charge is 0.262 e. The molecule has 0 aliphatic carbocycles. The molecule has 0 aliphatic rings. The number of aryl methyl sites for hydroxylation is 2. The molecule has 1 N–H and O–H groups in total. The molecule has 0 aliphatic heterocycles. The van der Waals surface area contributed by atoms with Gasteiger partial charge in [-0.05, 0) is 36.6 Å². The first kappa shape index (κ1) is 18.3. The summed E-state index contributed by atoms with van der Waals surface area (Å²) in [6.45, 7) is 6.28. The average Bonchev–Trinajstić information content (AvgIpc) is 2.91. The third kappa shape index (κ3) is 3.85. The molecule has 0 radical (unpaired) electrons. The van der Waals surface area contributed by atoms with E-state index in [0.717, 1.165) is 35.1 Å². The molecule has 136 valence electrons. The lowest BCUT2D eigenvalue weighted by Gasteiger charge is -2.07. The molecule has 6 nitrogen and oxygen atoms in total. The predicted octanol–water partition coefficient (Wildman–Crippen LogP) is 4.69. The van der Waals surface area contributed by atoms with Crippen molar-refractivity contribution >= 4 is 34.7 Å². The second-order valence-corrected chi connectivity index (χ2v) is 6.99. The van der Waals surface area contributed by atoms with Crippen LogP contribution in [-0.4, -0.2) is 26.0 Å². The number of rotatable bonds is 6. The molecular formula is C19H23ClN6. The highest BCUT2D eigenvalue weighted by Gasteiger charge is 2.17. The first-order valence-corrected chi connectivity index (χ1v) is 9.16. The highest BCUT2D eigenvalue weighted by atomic mass is 35.5. The zero-order chi connectivity index (χ0) is 18.7. The van der Waals surface area contributed by atoms with E-state index in [9.17, 15) is 0 Å².